The van der Waals surface area contributed by atoms with Gasteiger partial charge in [-0.15, -0.1) is 0 Å². The van der Waals surface area contributed by atoms with Gasteiger partial charge >= 0.3 is 0 Å². The number of nitrogens with two attached hydrogens (primary N) is 1. The van der Waals surface area contributed by atoms with Gasteiger partial charge in [-0.05, 0) is 43.5 Å². The molecule has 0 aliphatic rings. The number of sulfone groups is 1. The first-order chi connectivity index (χ1) is 9.34. The van der Waals surface area contributed by atoms with Crippen LogP contribution in [0.1, 0.15) is 25.8 Å². The molecule has 0 aromatic heterocycles. The normalized spacial score (nSPS) is 13.2. The lowest BCUT2D eigenvalue weighted by atomic mass is 10.1. The maximum Gasteiger partial charge on any atom is 0.153 e. The quantitative estimate of drug-likeness (QED) is 0.770. The smallest absolute Gasteiger partial charge is 0.153 e. The Morgan fingerprint density at radius 3 is 2.65 bits per heavy atom. The molecular weight excluding hydrogens is 342 g/mol. The van der Waals surface area contributed by atoms with Crippen LogP contribution < -0.4 is 10.5 Å². The molecule has 0 heterocycles. The van der Waals surface area contributed by atoms with Crippen molar-refractivity contribution >= 4 is 25.8 Å². The average Bonchev–Trinajstić information content (AvgIpc) is 2.32. The van der Waals surface area contributed by atoms with Crippen molar-refractivity contribution in [3.63, 3.8) is 0 Å². The number of ether oxygens (including phenoxy) is 1. The minimum Gasteiger partial charge on any atom is -0.493 e. The van der Waals surface area contributed by atoms with E-state index in [0.29, 0.717) is 12.2 Å². The van der Waals surface area contributed by atoms with Gasteiger partial charge < -0.3 is 10.5 Å². The molecule has 0 aliphatic carbocycles. The van der Waals surface area contributed by atoms with Crippen molar-refractivity contribution in [2.75, 3.05) is 18.1 Å². The molecule has 1 aromatic rings. The Hall–Kier alpha value is -0.590. The summed E-state index contributed by atoms with van der Waals surface area (Å²) in [7, 11) is -2.99. The highest BCUT2D eigenvalue weighted by Crippen LogP contribution is 2.23. The molecule has 0 saturated carbocycles. The molecule has 114 valence electrons. The van der Waals surface area contributed by atoms with Crippen molar-refractivity contribution in [3.8, 4) is 5.75 Å². The monoisotopic (exact) mass is 363 g/mol. The summed E-state index contributed by atoms with van der Waals surface area (Å²) < 4.78 is 29.7. The van der Waals surface area contributed by atoms with Gasteiger partial charge in [-0.25, -0.2) is 8.42 Å². The van der Waals surface area contributed by atoms with Crippen LogP contribution in [0.25, 0.3) is 0 Å². The first kappa shape index (κ1) is 17.5. The number of hydrogen-bond donors (Lipinski definition) is 1. The minimum absolute atomic E-state index is 0.0551. The van der Waals surface area contributed by atoms with Crippen LogP contribution in [0.2, 0.25) is 0 Å². The molecule has 1 atom stereocenters. The predicted octanol–water partition coefficient (Wildman–Crippen LogP) is 2.54. The molecular formula is C14H22BrNO3S. The van der Waals surface area contributed by atoms with E-state index >= 15 is 0 Å². The summed E-state index contributed by atoms with van der Waals surface area (Å²) in [5.74, 6) is 0.946. The standard InChI is InChI=1S/C14H22BrNO3S/c1-3-7-20(17,18)8-6-19-13-4-5-14(15)12(10-13)9-11(2)16/h4-5,10-11H,3,6-9,16H2,1-2H3. The van der Waals surface area contributed by atoms with E-state index in [0.717, 1.165) is 16.5 Å². The molecule has 1 rings (SSSR count). The van der Waals surface area contributed by atoms with E-state index in [4.69, 9.17) is 10.5 Å². The van der Waals surface area contributed by atoms with E-state index in [1.165, 1.54) is 0 Å². The third kappa shape index (κ3) is 6.24. The van der Waals surface area contributed by atoms with Crippen LogP contribution in [-0.2, 0) is 16.3 Å². The summed E-state index contributed by atoms with van der Waals surface area (Å²) in [6.45, 7) is 3.98. The maximum atomic E-state index is 11.6. The summed E-state index contributed by atoms with van der Waals surface area (Å²) >= 11 is 3.47. The number of rotatable bonds is 8. The fraction of sp³-hybridized carbons (Fsp3) is 0.571. The second-order valence-electron chi connectivity index (χ2n) is 4.93. The van der Waals surface area contributed by atoms with Gasteiger partial charge in [0.15, 0.2) is 9.84 Å². The second kappa shape index (κ2) is 8.00. The first-order valence-corrected chi connectivity index (χ1v) is 9.32. The van der Waals surface area contributed by atoms with Crippen molar-refractivity contribution in [3.05, 3.63) is 28.2 Å². The lowest BCUT2D eigenvalue weighted by Gasteiger charge is -2.11. The zero-order valence-corrected chi connectivity index (χ0v) is 14.3. The Morgan fingerprint density at radius 2 is 2.05 bits per heavy atom. The third-order valence-electron chi connectivity index (χ3n) is 2.74. The van der Waals surface area contributed by atoms with E-state index in [2.05, 4.69) is 15.9 Å². The fourth-order valence-electron chi connectivity index (χ4n) is 1.84. The largest absolute Gasteiger partial charge is 0.493 e. The van der Waals surface area contributed by atoms with Crippen LogP contribution in [0, 0.1) is 0 Å². The summed E-state index contributed by atoms with van der Waals surface area (Å²) in [5.41, 5.74) is 6.86. The zero-order chi connectivity index (χ0) is 15.2. The summed E-state index contributed by atoms with van der Waals surface area (Å²) in [4.78, 5) is 0. The highest BCUT2D eigenvalue weighted by Gasteiger charge is 2.10. The molecule has 0 aliphatic heterocycles. The Morgan fingerprint density at radius 1 is 1.35 bits per heavy atom. The molecule has 1 unspecified atom stereocenters. The van der Waals surface area contributed by atoms with Crippen LogP contribution in [0.5, 0.6) is 5.75 Å². The molecule has 0 saturated heterocycles. The molecule has 1 aromatic carbocycles. The third-order valence-corrected chi connectivity index (χ3v) is 5.33. The van der Waals surface area contributed by atoms with Gasteiger partial charge in [0.25, 0.3) is 0 Å². The van der Waals surface area contributed by atoms with Crippen LogP contribution in [-0.4, -0.2) is 32.6 Å². The Balaban J connectivity index is 2.61. The van der Waals surface area contributed by atoms with Gasteiger partial charge in [0.05, 0.1) is 11.5 Å². The molecule has 0 bridgehead atoms. The lowest BCUT2D eigenvalue weighted by Crippen LogP contribution is -2.18. The topological polar surface area (TPSA) is 69.4 Å². The van der Waals surface area contributed by atoms with Gasteiger partial charge in [-0.2, -0.15) is 0 Å². The van der Waals surface area contributed by atoms with Crippen LogP contribution in [0.3, 0.4) is 0 Å². The van der Waals surface area contributed by atoms with E-state index in [9.17, 15) is 8.42 Å². The average molecular weight is 364 g/mol. The Bertz CT molecular complexity index is 529. The van der Waals surface area contributed by atoms with E-state index in [1.54, 1.807) is 0 Å². The summed E-state index contributed by atoms with van der Waals surface area (Å²) in [6.07, 6.45) is 1.38. The van der Waals surface area contributed by atoms with Gasteiger partial charge in [-0.3, -0.25) is 0 Å². The SMILES string of the molecule is CCCS(=O)(=O)CCOc1ccc(Br)c(CC(C)N)c1. The lowest BCUT2D eigenvalue weighted by molar-refractivity contribution is 0.340. The first-order valence-electron chi connectivity index (χ1n) is 6.71. The predicted molar refractivity (Wildman–Crippen MR) is 85.9 cm³/mol. The highest BCUT2D eigenvalue weighted by atomic mass is 79.9. The van der Waals surface area contributed by atoms with Gasteiger partial charge in [-0.1, -0.05) is 22.9 Å². The summed E-state index contributed by atoms with van der Waals surface area (Å²) in [5, 5.41) is 0. The van der Waals surface area contributed by atoms with E-state index < -0.39 is 9.84 Å². The van der Waals surface area contributed by atoms with E-state index in [-0.39, 0.29) is 24.2 Å². The van der Waals surface area contributed by atoms with Crippen LogP contribution >= 0.6 is 15.9 Å². The number of benzene rings is 1. The van der Waals surface area contributed by atoms with Gasteiger partial charge in [0.2, 0.25) is 0 Å². The van der Waals surface area contributed by atoms with Crippen molar-refractivity contribution in [1.29, 1.82) is 0 Å². The summed E-state index contributed by atoms with van der Waals surface area (Å²) in [6, 6.07) is 5.68. The molecule has 0 fully saturated rings. The molecule has 0 radical (unpaired) electrons. The molecule has 2 N–H and O–H groups in total. The second-order valence-corrected chi connectivity index (χ2v) is 8.09. The van der Waals surface area contributed by atoms with Crippen molar-refractivity contribution in [2.45, 2.75) is 32.7 Å². The van der Waals surface area contributed by atoms with Crippen molar-refractivity contribution in [2.24, 2.45) is 5.73 Å². The number of hydrogen-bond acceptors (Lipinski definition) is 4. The minimum atomic E-state index is -2.99. The van der Waals surface area contributed by atoms with Crippen molar-refractivity contribution in [1.82, 2.24) is 0 Å². The Kier molecular flexibility index (Phi) is 6.99. The molecule has 6 heteroatoms. The van der Waals surface area contributed by atoms with Gasteiger partial charge in [0, 0.05) is 10.5 Å². The maximum absolute atomic E-state index is 11.6. The van der Waals surface area contributed by atoms with Crippen LogP contribution in [0.4, 0.5) is 0 Å². The fourth-order valence-corrected chi connectivity index (χ4v) is 3.42. The molecule has 0 amide bonds. The number of halogens is 1. The van der Waals surface area contributed by atoms with Crippen molar-refractivity contribution < 1.29 is 13.2 Å². The van der Waals surface area contributed by atoms with Gasteiger partial charge in [0.1, 0.15) is 12.4 Å². The highest BCUT2D eigenvalue weighted by molar-refractivity contribution is 9.10. The zero-order valence-electron chi connectivity index (χ0n) is 11.9. The molecule has 4 nitrogen and oxygen atoms in total. The van der Waals surface area contributed by atoms with E-state index in [1.807, 2.05) is 32.0 Å². The molecule has 20 heavy (non-hydrogen) atoms. The molecule has 0 spiro atoms. The van der Waals surface area contributed by atoms with Crippen LogP contribution in [0.15, 0.2) is 22.7 Å². The Labute approximate surface area is 129 Å².